The van der Waals surface area contributed by atoms with Gasteiger partial charge < -0.3 is 15.8 Å². The van der Waals surface area contributed by atoms with Crippen LogP contribution >= 0.6 is 0 Å². The Labute approximate surface area is 79.8 Å². The van der Waals surface area contributed by atoms with Crippen molar-refractivity contribution in [3.63, 3.8) is 0 Å². The van der Waals surface area contributed by atoms with E-state index in [4.69, 9.17) is 5.73 Å². The van der Waals surface area contributed by atoms with E-state index in [9.17, 15) is 4.79 Å². The van der Waals surface area contributed by atoms with Crippen LogP contribution in [0.5, 0.6) is 0 Å². The van der Waals surface area contributed by atoms with Gasteiger partial charge in [-0.05, 0) is 46.7 Å². The molecule has 1 aliphatic rings. The maximum Gasteiger partial charge on any atom is 0.405 e. The summed E-state index contributed by atoms with van der Waals surface area (Å²) in [6, 6.07) is 0. The number of rotatable bonds is 0. The fourth-order valence-corrected chi connectivity index (χ4v) is 0.927. The van der Waals surface area contributed by atoms with Crippen molar-refractivity contribution in [1.82, 2.24) is 5.32 Å². The maximum atomic E-state index is 10.0. The third kappa shape index (κ3) is 11.2. The number of primary amides is 1. The molecule has 1 fully saturated rings. The lowest BCUT2D eigenvalue weighted by Gasteiger charge is -2.16. The van der Waals surface area contributed by atoms with Gasteiger partial charge in [0.2, 0.25) is 0 Å². The van der Waals surface area contributed by atoms with E-state index < -0.39 is 11.7 Å². The Balaban J connectivity index is 0.000000243. The Morgan fingerprint density at radius 2 is 1.77 bits per heavy atom. The first-order valence-corrected chi connectivity index (χ1v) is 4.61. The number of nitrogens with two attached hydrogens (primary N) is 1. The summed E-state index contributed by atoms with van der Waals surface area (Å²) in [4.78, 5) is 10.0. The van der Waals surface area contributed by atoms with Gasteiger partial charge in [0.15, 0.2) is 0 Å². The molecular formula is C9H20N2O2. The Hall–Kier alpha value is -0.770. The second-order valence-corrected chi connectivity index (χ2v) is 3.99. The zero-order chi connectivity index (χ0) is 10.3. The molecule has 1 aliphatic heterocycles. The van der Waals surface area contributed by atoms with Gasteiger partial charge in [-0.1, -0.05) is 0 Å². The second-order valence-electron chi connectivity index (χ2n) is 3.99. The first-order chi connectivity index (χ1) is 5.92. The molecule has 4 nitrogen and oxygen atoms in total. The molecule has 78 valence electrons. The molecule has 0 spiro atoms. The van der Waals surface area contributed by atoms with Crippen LogP contribution in [0.3, 0.4) is 0 Å². The van der Waals surface area contributed by atoms with Crippen LogP contribution in [-0.4, -0.2) is 24.8 Å². The lowest BCUT2D eigenvalue weighted by Crippen LogP contribution is -2.27. The van der Waals surface area contributed by atoms with Crippen molar-refractivity contribution in [3.8, 4) is 0 Å². The van der Waals surface area contributed by atoms with Crippen LogP contribution in [0.2, 0.25) is 0 Å². The summed E-state index contributed by atoms with van der Waals surface area (Å²) in [5.41, 5.74) is 4.26. The molecule has 0 aromatic heterocycles. The molecule has 4 heteroatoms. The summed E-state index contributed by atoms with van der Waals surface area (Å²) in [5, 5.41) is 3.22. The summed E-state index contributed by atoms with van der Waals surface area (Å²) >= 11 is 0. The van der Waals surface area contributed by atoms with Crippen molar-refractivity contribution in [2.75, 3.05) is 13.1 Å². The molecule has 3 N–H and O–H groups in total. The standard InChI is InChI=1S/C5H11NO2.C4H9N/c1-5(2,3)8-4(6)7;1-2-4-5-3-1/h1-3H3,(H2,6,7);5H,1-4H2. The van der Waals surface area contributed by atoms with Crippen LogP contribution in [0, 0.1) is 0 Å². The highest BCUT2D eigenvalue weighted by molar-refractivity contribution is 5.65. The number of carbonyl (C=O) groups is 1. The summed E-state index contributed by atoms with van der Waals surface area (Å²) < 4.78 is 4.58. The highest BCUT2D eigenvalue weighted by Gasteiger charge is 2.12. The van der Waals surface area contributed by atoms with Crippen LogP contribution in [-0.2, 0) is 4.74 Å². The highest BCUT2D eigenvalue weighted by atomic mass is 16.6. The van der Waals surface area contributed by atoms with E-state index in [1.54, 1.807) is 20.8 Å². The molecule has 0 aliphatic carbocycles. The molecule has 0 radical (unpaired) electrons. The molecule has 0 bridgehead atoms. The third-order valence-electron chi connectivity index (χ3n) is 1.36. The predicted octanol–water partition coefficient (Wildman–Crippen LogP) is 1.25. The Kier molecular flexibility index (Phi) is 5.46. The van der Waals surface area contributed by atoms with E-state index in [0.717, 1.165) is 0 Å². The predicted molar refractivity (Wildman–Crippen MR) is 52.5 cm³/mol. The first-order valence-electron chi connectivity index (χ1n) is 4.61. The van der Waals surface area contributed by atoms with Crippen molar-refractivity contribution in [1.29, 1.82) is 0 Å². The maximum absolute atomic E-state index is 10.0. The van der Waals surface area contributed by atoms with E-state index in [-0.39, 0.29) is 0 Å². The van der Waals surface area contributed by atoms with Crippen molar-refractivity contribution < 1.29 is 9.53 Å². The quantitative estimate of drug-likeness (QED) is 0.601. The summed E-state index contributed by atoms with van der Waals surface area (Å²) in [5.74, 6) is 0. The summed E-state index contributed by atoms with van der Waals surface area (Å²) in [7, 11) is 0. The minimum Gasteiger partial charge on any atom is -0.444 e. The molecule has 0 saturated carbocycles. The monoisotopic (exact) mass is 188 g/mol. The van der Waals surface area contributed by atoms with Crippen LogP contribution in [0.15, 0.2) is 0 Å². The van der Waals surface area contributed by atoms with E-state index in [1.807, 2.05) is 0 Å². The SMILES string of the molecule is C1CCNC1.CC(C)(C)OC(N)=O. The minimum atomic E-state index is -0.725. The Morgan fingerprint density at radius 1 is 1.31 bits per heavy atom. The number of hydrogen-bond donors (Lipinski definition) is 2. The van der Waals surface area contributed by atoms with Gasteiger partial charge in [0.1, 0.15) is 5.60 Å². The molecule has 1 heterocycles. The molecular weight excluding hydrogens is 168 g/mol. The smallest absolute Gasteiger partial charge is 0.405 e. The van der Waals surface area contributed by atoms with Crippen molar-refractivity contribution in [3.05, 3.63) is 0 Å². The van der Waals surface area contributed by atoms with E-state index in [1.165, 1.54) is 25.9 Å². The largest absolute Gasteiger partial charge is 0.444 e. The fourth-order valence-electron chi connectivity index (χ4n) is 0.927. The van der Waals surface area contributed by atoms with Gasteiger partial charge in [-0.15, -0.1) is 0 Å². The molecule has 1 saturated heterocycles. The average molecular weight is 188 g/mol. The normalized spacial score (nSPS) is 15.9. The summed E-state index contributed by atoms with van der Waals surface area (Å²) in [6.45, 7) is 7.78. The van der Waals surface area contributed by atoms with Crippen molar-refractivity contribution >= 4 is 6.09 Å². The highest BCUT2D eigenvalue weighted by Crippen LogP contribution is 2.04. The lowest BCUT2D eigenvalue weighted by molar-refractivity contribution is 0.0600. The van der Waals surface area contributed by atoms with Crippen molar-refractivity contribution in [2.45, 2.75) is 39.2 Å². The van der Waals surface area contributed by atoms with E-state index >= 15 is 0 Å². The average Bonchev–Trinajstić information content (AvgIpc) is 2.33. The molecule has 0 atom stereocenters. The van der Waals surface area contributed by atoms with Crippen LogP contribution < -0.4 is 11.1 Å². The molecule has 1 amide bonds. The van der Waals surface area contributed by atoms with Gasteiger partial charge in [-0.25, -0.2) is 4.79 Å². The first kappa shape index (κ1) is 12.2. The van der Waals surface area contributed by atoms with Crippen LogP contribution in [0.1, 0.15) is 33.6 Å². The lowest BCUT2D eigenvalue weighted by atomic mass is 10.2. The molecule has 0 aromatic carbocycles. The van der Waals surface area contributed by atoms with E-state index in [2.05, 4.69) is 10.1 Å². The second kappa shape index (κ2) is 5.80. The van der Waals surface area contributed by atoms with Gasteiger partial charge in [0, 0.05) is 0 Å². The number of ether oxygens (including phenoxy) is 1. The number of nitrogens with one attached hydrogen (secondary N) is 1. The zero-order valence-electron chi connectivity index (χ0n) is 8.72. The number of carbonyl (C=O) groups excluding carboxylic acids is 1. The van der Waals surface area contributed by atoms with Gasteiger partial charge in [0.05, 0.1) is 0 Å². The Bertz CT molecular complexity index is 141. The molecule has 0 unspecified atom stereocenters. The van der Waals surface area contributed by atoms with Crippen molar-refractivity contribution in [2.24, 2.45) is 5.73 Å². The van der Waals surface area contributed by atoms with Gasteiger partial charge in [0.25, 0.3) is 0 Å². The van der Waals surface area contributed by atoms with E-state index in [0.29, 0.717) is 0 Å². The van der Waals surface area contributed by atoms with Crippen LogP contribution in [0.4, 0.5) is 4.79 Å². The van der Waals surface area contributed by atoms with Gasteiger partial charge >= 0.3 is 6.09 Å². The zero-order valence-corrected chi connectivity index (χ0v) is 8.72. The van der Waals surface area contributed by atoms with Gasteiger partial charge in [-0.3, -0.25) is 0 Å². The summed E-state index contributed by atoms with van der Waals surface area (Å²) in [6.07, 6.45) is 2.05. The van der Waals surface area contributed by atoms with Gasteiger partial charge in [-0.2, -0.15) is 0 Å². The Morgan fingerprint density at radius 3 is 1.85 bits per heavy atom. The number of hydrogen-bond acceptors (Lipinski definition) is 3. The fraction of sp³-hybridized carbons (Fsp3) is 0.889. The van der Waals surface area contributed by atoms with Crippen LogP contribution in [0.25, 0.3) is 0 Å². The molecule has 1 rings (SSSR count). The number of amides is 1. The topological polar surface area (TPSA) is 64.3 Å². The molecule has 13 heavy (non-hydrogen) atoms. The third-order valence-corrected chi connectivity index (χ3v) is 1.36. The molecule has 0 aromatic rings. The minimum absolute atomic E-state index is 0.453.